The summed E-state index contributed by atoms with van der Waals surface area (Å²) in [5.74, 6) is -3.43. The van der Waals surface area contributed by atoms with Gasteiger partial charge in [0.15, 0.2) is 11.6 Å². The van der Waals surface area contributed by atoms with E-state index in [0.717, 1.165) is 6.07 Å². The van der Waals surface area contributed by atoms with Crippen molar-refractivity contribution in [2.45, 2.75) is 6.92 Å². The van der Waals surface area contributed by atoms with Gasteiger partial charge in [0.2, 0.25) is 5.91 Å². The first-order chi connectivity index (χ1) is 8.45. The molecule has 4 N–H and O–H groups in total. The number of nitrogens with one attached hydrogen (secondary N) is 2. The first kappa shape index (κ1) is 13.9. The molecule has 0 heterocycles. The largest absolute Gasteiger partial charge is 0.398 e. The van der Waals surface area contributed by atoms with Crippen molar-refractivity contribution >= 4 is 17.5 Å². The molecule has 1 rings (SSSR count). The molecule has 0 saturated carbocycles. The van der Waals surface area contributed by atoms with Gasteiger partial charge in [-0.15, -0.1) is 0 Å². The Morgan fingerprint density at radius 1 is 1.22 bits per heavy atom. The van der Waals surface area contributed by atoms with Gasteiger partial charge in [0.1, 0.15) is 0 Å². The molecule has 1 aromatic carbocycles. The van der Waals surface area contributed by atoms with Gasteiger partial charge in [-0.05, 0) is 13.0 Å². The Kier molecular flexibility index (Phi) is 4.59. The number of nitrogen functional groups attached to an aromatic ring is 1. The zero-order chi connectivity index (χ0) is 13.7. The highest BCUT2D eigenvalue weighted by Crippen LogP contribution is 2.16. The number of benzene rings is 1. The van der Waals surface area contributed by atoms with Crippen LogP contribution in [0.15, 0.2) is 12.1 Å². The van der Waals surface area contributed by atoms with Gasteiger partial charge in [-0.25, -0.2) is 8.78 Å². The lowest BCUT2D eigenvalue weighted by molar-refractivity contribution is -0.120. The average Bonchev–Trinajstić information content (AvgIpc) is 2.31. The van der Waals surface area contributed by atoms with Gasteiger partial charge in [-0.1, -0.05) is 0 Å². The lowest BCUT2D eigenvalue weighted by Crippen LogP contribution is -2.37. The van der Waals surface area contributed by atoms with E-state index in [-0.39, 0.29) is 23.7 Å². The Morgan fingerprint density at radius 3 is 2.44 bits per heavy atom. The normalized spacial score (nSPS) is 9.94. The minimum absolute atomic E-state index is 0.192. The van der Waals surface area contributed by atoms with Crippen LogP contribution < -0.4 is 16.4 Å². The van der Waals surface area contributed by atoms with E-state index in [1.54, 1.807) is 6.92 Å². The van der Waals surface area contributed by atoms with Crippen LogP contribution in [-0.4, -0.2) is 24.9 Å². The molecular weight excluding hydrogens is 244 g/mol. The summed E-state index contributed by atoms with van der Waals surface area (Å²) in [6.07, 6.45) is 0. The van der Waals surface area contributed by atoms with E-state index in [0.29, 0.717) is 12.6 Å². The summed E-state index contributed by atoms with van der Waals surface area (Å²) < 4.78 is 25.7. The minimum atomic E-state index is -1.17. The number of hydrogen-bond donors (Lipinski definition) is 3. The van der Waals surface area contributed by atoms with Gasteiger partial charge in [0.25, 0.3) is 5.91 Å². The quantitative estimate of drug-likeness (QED) is 0.683. The van der Waals surface area contributed by atoms with E-state index in [1.807, 2.05) is 0 Å². The van der Waals surface area contributed by atoms with Crippen LogP contribution in [0.1, 0.15) is 17.3 Å². The van der Waals surface area contributed by atoms with Gasteiger partial charge in [-0.2, -0.15) is 0 Å². The molecule has 0 bridgehead atoms. The molecule has 0 aliphatic carbocycles. The summed E-state index contributed by atoms with van der Waals surface area (Å²) in [6.45, 7) is 1.90. The zero-order valence-electron chi connectivity index (χ0n) is 9.72. The van der Waals surface area contributed by atoms with Crippen LogP contribution in [0.5, 0.6) is 0 Å². The maximum Gasteiger partial charge on any atom is 0.253 e. The molecule has 7 heteroatoms. The monoisotopic (exact) mass is 257 g/mol. The standard InChI is InChI=1S/C11H13F2N3O2/c1-2-15-10(17)5-16-11(18)6-3-7(12)8(13)4-9(6)14/h3-4H,2,5,14H2,1H3,(H,15,17)(H,16,18). The molecule has 2 amide bonds. The number of carbonyl (C=O) groups excluding carboxylic acids is 2. The molecule has 0 spiro atoms. The van der Waals surface area contributed by atoms with E-state index in [4.69, 9.17) is 5.73 Å². The van der Waals surface area contributed by atoms with E-state index in [1.165, 1.54) is 0 Å². The van der Waals surface area contributed by atoms with Crippen LogP contribution in [0.2, 0.25) is 0 Å². The van der Waals surface area contributed by atoms with E-state index in [2.05, 4.69) is 10.6 Å². The number of hydrogen-bond acceptors (Lipinski definition) is 3. The molecule has 0 atom stereocenters. The average molecular weight is 257 g/mol. The Hall–Kier alpha value is -2.18. The smallest absolute Gasteiger partial charge is 0.253 e. The maximum atomic E-state index is 12.9. The molecule has 0 unspecified atom stereocenters. The van der Waals surface area contributed by atoms with Crippen LogP contribution in [-0.2, 0) is 4.79 Å². The van der Waals surface area contributed by atoms with Gasteiger partial charge in [-0.3, -0.25) is 9.59 Å². The fourth-order valence-corrected chi connectivity index (χ4v) is 1.27. The number of carbonyl (C=O) groups is 2. The minimum Gasteiger partial charge on any atom is -0.398 e. The molecule has 0 fully saturated rings. The summed E-state index contributed by atoms with van der Waals surface area (Å²) >= 11 is 0. The van der Waals surface area contributed by atoms with E-state index in [9.17, 15) is 18.4 Å². The van der Waals surface area contributed by atoms with Crippen molar-refractivity contribution < 1.29 is 18.4 Å². The molecule has 1 aromatic rings. The van der Waals surface area contributed by atoms with Gasteiger partial charge < -0.3 is 16.4 Å². The van der Waals surface area contributed by atoms with Crippen molar-refractivity contribution in [3.05, 3.63) is 29.3 Å². The van der Waals surface area contributed by atoms with Crippen LogP contribution in [0.4, 0.5) is 14.5 Å². The van der Waals surface area contributed by atoms with Crippen molar-refractivity contribution in [1.82, 2.24) is 10.6 Å². The number of rotatable bonds is 4. The molecule has 0 radical (unpaired) electrons. The number of anilines is 1. The summed E-state index contributed by atoms with van der Waals surface area (Å²) in [5.41, 5.74) is 4.99. The molecule has 0 aliphatic heterocycles. The van der Waals surface area contributed by atoms with E-state index >= 15 is 0 Å². The lowest BCUT2D eigenvalue weighted by atomic mass is 10.1. The number of halogens is 2. The Labute approximate surface area is 102 Å². The highest BCUT2D eigenvalue weighted by Gasteiger charge is 2.14. The summed E-state index contributed by atoms with van der Waals surface area (Å²) in [7, 11) is 0. The van der Waals surface area contributed by atoms with Crippen LogP contribution in [0, 0.1) is 11.6 Å². The van der Waals surface area contributed by atoms with Crippen molar-refractivity contribution in [3.63, 3.8) is 0 Å². The molecule has 98 valence electrons. The fraction of sp³-hybridized carbons (Fsp3) is 0.273. The number of nitrogens with two attached hydrogens (primary N) is 1. The van der Waals surface area contributed by atoms with Crippen molar-refractivity contribution in [2.24, 2.45) is 0 Å². The van der Waals surface area contributed by atoms with Crippen molar-refractivity contribution in [3.8, 4) is 0 Å². The van der Waals surface area contributed by atoms with Crippen molar-refractivity contribution in [2.75, 3.05) is 18.8 Å². The maximum absolute atomic E-state index is 12.9. The van der Waals surface area contributed by atoms with Crippen LogP contribution >= 0.6 is 0 Å². The highest BCUT2D eigenvalue weighted by molar-refractivity contribution is 6.00. The number of amides is 2. The summed E-state index contributed by atoms with van der Waals surface area (Å²) in [4.78, 5) is 22.7. The molecular formula is C11H13F2N3O2. The summed E-state index contributed by atoms with van der Waals surface area (Å²) in [5, 5.41) is 4.72. The van der Waals surface area contributed by atoms with Crippen LogP contribution in [0.3, 0.4) is 0 Å². The molecule has 5 nitrogen and oxygen atoms in total. The third-order valence-electron chi connectivity index (χ3n) is 2.12. The highest BCUT2D eigenvalue weighted by atomic mass is 19.2. The molecule has 0 saturated heterocycles. The Balaban J connectivity index is 2.73. The van der Waals surface area contributed by atoms with Gasteiger partial charge in [0.05, 0.1) is 12.1 Å². The fourth-order valence-electron chi connectivity index (χ4n) is 1.27. The predicted molar refractivity (Wildman–Crippen MR) is 61.8 cm³/mol. The molecule has 18 heavy (non-hydrogen) atoms. The SMILES string of the molecule is CCNC(=O)CNC(=O)c1cc(F)c(F)cc1N. The topological polar surface area (TPSA) is 84.2 Å². The predicted octanol–water partition coefficient (Wildman–Crippen LogP) is 0.413. The lowest BCUT2D eigenvalue weighted by Gasteiger charge is -2.08. The second-order valence-electron chi connectivity index (χ2n) is 3.49. The Morgan fingerprint density at radius 2 is 1.83 bits per heavy atom. The molecule has 0 aliphatic rings. The zero-order valence-corrected chi connectivity index (χ0v) is 9.72. The first-order valence-corrected chi connectivity index (χ1v) is 5.25. The second kappa shape index (κ2) is 5.95. The van der Waals surface area contributed by atoms with E-state index < -0.39 is 17.5 Å². The third kappa shape index (κ3) is 3.41. The second-order valence-corrected chi connectivity index (χ2v) is 3.49. The Bertz CT molecular complexity index is 478. The number of likely N-dealkylation sites (N-methyl/N-ethyl adjacent to an activating group) is 1. The van der Waals surface area contributed by atoms with Gasteiger partial charge in [0, 0.05) is 18.3 Å². The van der Waals surface area contributed by atoms with Crippen molar-refractivity contribution in [1.29, 1.82) is 0 Å². The van der Waals surface area contributed by atoms with Crippen LogP contribution in [0.25, 0.3) is 0 Å². The summed E-state index contributed by atoms with van der Waals surface area (Å²) in [6, 6.07) is 1.41. The molecule has 0 aromatic heterocycles. The third-order valence-corrected chi connectivity index (χ3v) is 2.12. The van der Waals surface area contributed by atoms with Gasteiger partial charge >= 0.3 is 0 Å². The first-order valence-electron chi connectivity index (χ1n) is 5.25.